The van der Waals surface area contributed by atoms with Crippen LogP contribution in [0.5, 0.6) is 5.75 Å². The molecule has 0 aliphatic carbocycles. The number of rotatable bonds is 6. The number of amides is 2. The Labute approximate surface area is 184 Å². The average molecular weight is 429 g/mol. The Kier molecular flexibility index (Phi) is 4.83. The lowest BCUT2D eigenvalue weighted by atomic mass is 9.93. The molecule has 0 saturated heterocycles. The average Bonchev–Trinajstić information content (AvgIpc) is 3.29. The normalized spacial score (nSPS) is 13.5. The maximum atomic E-state index is 13.0. The van der Waals surface area contributed by atoms with Crippen LogP contribution in [-0.4, -0.2) is 42.3 Å². The van der Waals surface area contributed by atoms with Crippen molar-refractivity contribution in [3.63, 3.8) is 0 Å². The number of aromatic nitrogens is 1. The minimum atomic E-state index is -0.403. The lowest BCUT2D eigenvalue weighted by Gasteiger charge is -2.11. The molecule has 1 aromatic heterocycles. The first-order valence-electron chi connectivity index (χ1n) is 10.5. The van der Waals surface area contributed by atoms with Gasteiger partial charge in [0, 0.05) is 31.0 Å². The van der Waals surface area contributed by atoms with Crippen LogP contribution in [0.25, 0.3) is 38.7 Å². The monoisotopic (exact) mass is 429 g/mol. The molecule has 0 fully saturated rings. The van der Waals surface area contributed by atoms with Crippen molar-refractivity contribution in [1.82, 2.24) is 15.2 Å². The molecular weight excluding hydrogens is 406 g/mol. The van der Waals surface area contributed by atoms with Gasteiger partial charge in [-0.15, -0.1) is 0 Å². The van der Waals surface area contributed by atoms with Gasteiger partial charge >= 0.3 is 0 Å². The number of aliphatic hydroxyl groups excluding tert-OH is 1. The molecule has 0 atom stereocenters. The van der Waals surface area contributed by atoms with E-state index in [0.717, 1.165) is 32.8 Å². The van der Waals surface area contributed by atoms with Crippen molar-refractivity contribution in [3.05, 3.63) is 59.3 Å². The Morgan fingerprint density at radius 2 is 1.91 bits per heavy atom. The Hall–Kier alpha value is -3.84. The number of benzene rings is 3. The summed E-state index contributed by atoms with van der Waals surface area (Å²) in [7, 11) is 3.41. The van der Waals surface area contributed by atoms with Crippen molar-refractivity contribution in [2.75, 3.05) is 20.8 Å². The summed E-state index contributed by atoms with van der Waals surface area (Å²) in [5.41, 5.74) is 3.44. The third kappa shape index (κ3) is 2.78. The fourth-order valence-corrected chi connectivity index (χ4v) is 4.73. The fourth-order valence-electron chi connectivity index (χ4n) is 4.73. The summed E-state index contributed by atoms with van der Waals surface area (Å²) in [6, 6.07) is 11.7. The van der Waals surface area contributed by atoms with E-state index in [9.17, 15) is 14.7 Å². The zero-order valence-electron chi connectivity index (χ0n) is 17.9. The first kappa shape index (κ1) is 20.1. The van der Waals surface area contributed by atoms with Crippen molar-refractivity contribution in [1.29, 1.82) is 0 Å². The molecule has 0 spiro atoms. The van der Waals surface area contributed by atoms with Gasteiger partial charge in [-0.2, -0.15) is 0 Å². The number of nitrogens with one attached hydrogen (secondary N) is 2. The summed E-state index contributed by atoms with van der Waals surface area (Å²) in [5, 5.41) is 18.1. The Morgan fingerprint density at radius 3 is 2.66 bits per heavy atom. The fraction of sp³-hybridized carbons (Fsp3) is 0.200. The number of ether oxygens (including phenoxy) is 1. The number of nitrogens with zero attached hydrogens (tertiary/aromatic N) is 1. The highest BCUT2D eigenvalue weighted by Crippen LogP contribution is 2.44. The lowest BCUT2D eigenvalue weighted by molar-refractivity contribution is 0.0880. The number of aryl methyl sites for hydroxylation is 1. The molecule has 162 valence electrons. The SMILES string of the molecule is CN/C=C\c1ccc2c(c1)c1c(c3c4c(OC)cccc4n(CCCO)c23)C(=O)NC1=O. The minimum absolute atomic E-state index is 0.0476. The summed E-state index contributed by atoms with van der Waals surface area (Å²) < 4.78 is 7.77. The Balaban J connectivity index is 2.03. The van der Waals surface area contributed by atoms with Crippen LogP contribution in [-0.2, 0) is 6.54 Å². The largest absolute Gasteiger partial charge is 0.496 e. The predicted molar refractivity (Wildman–Crippen MR) is 125 cm³/mol. The zero-order chi connectivity index (χ0) is 22.4. The summed E-state index contributed by atoms with van der Waals surface area (Å²) >= 11 is 0. The van der Waals surface area contributed by atoms with Gasteiger partial charge in [0.25, 0.3) is 11.8 Å². The van der Waals surface area contributed by atoms with Crippen LogP contribution in [0.3, 0.4) is 0 Å². The van der Waals surface area contributed by atoms with E-state index in [0.29, 0.717) is 35.2 Å². The molecule has 1 aliphatic heterocycles. The second kappa shape index (κ2) is 7.69. The van der Waals surface area contributed by atoms with E-state index >= 15 is 0 Å². The lowest BCUT2D eigenvalue weighted by Crippen LogP contribution is -2.20. The maximum Gasteiger partial charge on any atom is 0.259 e. The number of fused-ring (bicyclic) bond motifs is 8. The standard InChI is InChI=1S/C25H23N3O4/c1-26-10-9-14-7-8-15-16(13-14)19-22(25(31)27-24(19)30)21-20-17(5-3-6-18(20)32-2)28(23(15)21)11-4-12-29/h3,5-10,13,26,29H,4,11-12H2,1-2H3,(H,27,30,31)/b10-9-. The van der Waals surface area contributed by atoms with Crippen LogP contribution >= 0.6 is 0 Å². The van der Waals surface area contributed by atoms with Gasteiger partial charge in [0.1, 0.15) is 5.75 Å². The summed E-state index contributed by atoms with van der Waals surface area (Å²) in [6.07, 6.45) is 4.28. The van der Waals surface area contributed by atoms with Gasteiger partial charge in [-0.05, 0) is 47.8 Å². The van der Waals surface area contributed by atoms with Gasteiger partial charge in [0.2, 0.25) is 0 Å². The molecule has 5 rings (SSSR count). The number of carbonyl (C=O) groups is 2. The van der Waals surface area contributed by atoms with Crippen LogP contribution in [0.4, 0.5) is 0 Å². The Bertz CT molecular complexity index is 1450. The van der Waals surface area contributed by atoms with Gasteiger partial charge in [0.15, 0.2) is 0 Å². The summed E-state index contributed by atoms with van der Waals surface area (Å²) in [4.78, 5) is 25.9. The predicted octanol–water partition coefficient (Wildman–Crippen LogP) is 3.41. The molecule has 3 N–H and O–H groups in total. The van der Waals surface area contributed by atoms with Crippen LogP contribution in [0.2, 0.25) is 0 Å². The highest BCUT2D eigenvalue weighted by Gasteiger charge is 2.34. The second-order valence-electron chi connectivity index (χ2n) is 7.77. The van der Waals surface area contributed by atoms with Crippen molar-refractivity contribution in [3.8, 4) is 5.75 Å². The number of carbonyl (C=O) groups excluding carboxylic acids is 2. The van der Waals surface area contributed by atoms with Crippen LogP contribution in [0.1, 0.15) is 32.7 Å². The topological polar surface area (TPSA) is 92.6 Å². The van der Waals surface area contributed by atoms with E-state index in [-0.39, 0.29) is 6.61 Å². The zero-order valence-corrected chi connectivity index (χ0v) is 17.9. The molecule has 0 saturated carbocycles. The number of hydrogen-bond donors (Lipinski definition) is 3. The quantitative estimate of drug-likeness (QED) is 0.409. The Morgan fingerprint density at radius 1 is 1.09 bits per heavy atom. The molecule has 0 unspecified atom stereocenters. The third-order valence-corrected chi connectivity index (χ3v) is 6.00. The van der Waals surface area contributed by atoms with E-state index < -0.39 is 11.8 Å². The maximum absolute atomic E-state index is 13.0. The van der Waals surface area contributed by atoms with Crippen molar-refractivity contribution < 1.29 is 19.4 Å². The minimum Gasteiger partial charge on any atom is -0.496 e. The van der Waals surface area contributed by atoms with Gasteiger partial charge in [-0.25, -0.2) is 0 Å². The van der Waals surface area contributed by atoms with Gasteiger partial charge < -0.3 is 19.7 Å². The molecule has 2 heterocycles. The van der Waals surface area contributed by atoms with Crippen LogP contribution in [0, 0.1) is 0 Å². The molecule has 0 bridgehead atoms. The van der Waals surface area contributed by atoms with Crippen molar-refractivity contribution in [2.45, 2.75) is 13.0 Å². The van der Waals surface area contributed by atoms with Gasteiger partial charge in [-0.3, -0.25) is 14.9 Å². The molecule has 7 heteroatoms. The molecular formula is C25H23N3O4. The number of aliphatic hydroxyl groups is 1. The van der Waals surface area contributed by atoms with E-state index in [4.69, 9.17) is 4.74 Å². The van der Waals surface area contributed by atoms with E-state index in [2.05, 4.69) is 15.2 Å². The van der Waals surface area contributed by atoms with E-state index in [1.54, 1.807) is 7.11 Å². The van der Waals surface area contributed by atoms with E-state index in [1.807, 2.05) is 55.7 Å². The molecule has 4 aromatic rings. The molecule has 2 amide bonds. The highest BCUT2D eigenvalue weighted by atomic mass is 16.5. The number of methoxy groups -OCH3 is 1. The van der Waals surface area contributed by atoms with Crippen LogP contribution < -0.4 is 15.4 Å². The first-order valence-corrected chi connectivity index (χ1v) is 10.5. The molecule has 7 nitrogen and oxygen atoms in total. The molecule has 1 aliphatic rings. The van der Waals surface area contributed by atoms with Crippen LogP contribution in [0.15, 0.2) is 42.6 Å². The summed E-state index contributed by atoms with van der Waals surface area (Å²) in [5.74, 6) is -0.157. The van der Waals surface area contributed by atoms with Gasteiger partial charge in [0.05, 0.1) is 34.7 Å². The van der Waals surface area contributed by atoms with Crippen molar-refractivity contribution >= 4 is 50.5 Å². The first-order chi connectivity index (χ1) is 15.6. The van der Waals surface area contributed by atoms with E-state index in [1.165, 1.54) is 0 Å². The number of imide groups is 1. The van der Waals surface area contributed by atoms with Crippen molar-refractivity contribution in [2.24, 2.45) is 0 Å². The highest BCUT2D eigenvalue weighted by molar-refractivity contribution is 6.37. The third-order valence-electron chi connectivity index (χ3n) is 6.00. The second-order valence-corrected chi connectivity index (χ2v) is 7.77. The smallest absolute Gasteiger partial charge is 0.259 e. The molecule has 0 radical (unpaired) electrons. The molecule has 32 heavy (non-hydrogen) atoms. The summed E-state index contributed by atoms with van der Waals surface area (Å²) in [6.45, 7) is 0.612. The van der Waals surface area contributed by atoms with Gasteiger partial charge in [-0.1, -0.05) is 18.2 Å². The molecule has 3 aromatic carbocycles. The number of hydrogen-bond acceptors (Lipinski definition) is 5.